The van der Waals surface area contributed by atoms with E-state index < -0.39 is 0 Å². The Hall–Kier alpha value is -1.67. The highest BCUT2D eigenvalue weighted by Gasteiger charge is 2.08. The number of hydrogen-bond donors (Lipinski definition) is 2. The van der Waals surface area contributed by atoms with Gasteiger partial charge in [-0.15, -0.1) is 0 Å². The number of ether oxygens (including phenoxy) is 1. The molecule has 1 aromatic heterocycles. The van der Waals surface area contributed by atoms with Crippen LogP contribution >= 0.6 is 22.6 Å². The number of aromatic nitrogens is 1. The number of nitrogens with two attached hydrogens (primary N) is 1. The standard InChI is InChI=1S/C13H12IN3O2/c14-11-6-10(13(18)17-15)3-4-12(11)19-8-9-2-1-5-16-7-9/h1-7H,8,15H2,(H,17,18). The minimum Gasteiger partial charge on any atom is -0.488 e. The summed E-state index contributed by atoms with van der Waals surface area (Å²) >= 11 is 2.12. The third-order valence-electron chi connectivity index (χ3n) is 2.44. The molecule has 6 heteroatoms. The van der Waals surface area contributed by atoms with E-state index >= 15 is 0 Å². The van der Waals surface area contributed by atoms with Crippen molar-refractivity contribution in [2.24, 2.45) is 5.84 Å². The molecule has 3 N–H and O–H groups in total. The Morgan fingerprint density at radius 2 is 2.26 bits per heavy atom. The molecule has 0 spiro atoms. The van der Waals surface area contributed by atoms with Crippen molar-refractivity contribution in [1.29, 1.82) is 0 Å². The van der Waals surface area contributed by atoms with Crippen LogP contribution in [-0.4, -0.2) is 10.9 Å². The van der Waals surface area contributed by atoms with Gasteiger partial charge in [-0.3, -0.25) is 15.2 Å². The molecule has 19 heavy (non-hydrogen) atoms. The monoisotopic (exact) mass is 369 g/mol. The summed E-state index contributed by atoms with van der Waals surface area (Å²) < 4.78 is 6.53. The van der Waals surface area contributed by atoms with E-state index in [2.05, 4.69) is 33.0 Å². The van der Waals surface area contributed by atoms with E-state index in [0.29, 0.717) is 12.2 Å². The van der Waals surface area contributed by atoms with E-state index in [1.807, 2.05) is 12.1 Å². The maximum Gasteiger partial charge on any atom is 0.265 e. The van der Waals surface area contributed by atoms with E-state index in [4.69, 9.17) is 10.6 Å². The Morgan fingerprint density at radius 1 is 1.42 bits per heavy atom. The highest BCUT2D eigenvalue weighted by molar-refractivity contribution is 14.1. The predicted molar refractivity (Wildman–Crippen MR) is 79.4 cm³/mol. The molecule has 0 fully saturated rings. The van der Waals surface area contributed by atoms with Gasteiger partial charge < -0.3 is 4.74 Å². The van der Waals surface area contributed by atoms with Crippen molar-refractivity contribution in [1.82, 2.24) is 10.4 Å². The van der Waals surface area contributed by atoms with Crippen LogP contribution in [0.5, 0.6) is 5.75 Å². The molecule has 1 amide bonds. The van der Waals surface area contributed by atoms with Crippen molar-refractivity contribution in [3.63, 3.8) is 0 Å². The first-order valence-corrected chi connectivity index (χ1v) is 6.61. The van der Waals surface area contributed by atoms with Crippen molar-refractivity contribution >= 4 is 28.5 Å². The smallest absolute Gasteiger partial charge is 0.265 e. The molecule has 0 bridgehead atoms. The van der Waals surface area contributed by atoms with Gasteiger partial charge in [0.2, 0.25) is 0 Å². The van der Waals surface area contributed by atoms with Crippen molar-refractivity contribution in [3.05, 3.63) is 57.4 Å². The lowest BCUT2D eigenvalue weighted by Crippen LogP contribution is -2.29. The fraction of sp³-hybridized carbons (Fsp3) is 0.0769. The lowest BCUT2D eigenvalue weighted by Gasteiger charge is -2.09. The van der Waals surface area contributed by atoms with Gasteiger partial charge in [0, 0.05) is 23.5 Å². The van der Waals surface area contributed by atoms with Crippen LogP contribution in [0.4, 0.5) is 0 Å². The maximum atomic E-state index is 11.4. The molecule has 5 nitrogen and oxygen atoms in total. The van der Waals surface area contributed by atoms with E-state index in [9.17, 15) is 4.79 Å². The fourth-order valence-corrected chi connectivity index (χ4v) is 2.16. The van der Waals surface area contributed by atoms with Gasteiger partial charge in [-0.25, -0.2) is 5.84 Å². The number of amides is 1. The van der Waals surface area contributed by atoms with Gasteiger partial charge in [-0.05, 0) is 46.9 Å². The Labute approximate surface area is 124 Å². The second-order valence-corrected chi connectivity index (χ2v) is 4.93. The number of rotatable bonds is 4. The van der Waals surface area contributed by atoms with Crippen LogP contribution < -0.4 is 16.0 Å². The zero-order valence-corrected chi connectivity index (χ0v) is 12.1. The lowest BCUT2D eigenvalue weighted by molar-refractivity contribution is 0.0953. The quantitative estimate of drug-likeness (QED) is 0.373. The zero-order valence-electron chi connectivity index (χ0n) is 9.97. The van der Waals surface area contributed by atoms with Crippen LogP contribution in [-0.2, 0) is 6.61 Å². The molecule has 0 aliphatic heterocycles. The Morgan fingerprint density at radius 3 is 2.89 bits per heavy atom. The minimum atomic E-state index is -0.322. The summed E-state index contributed by atoms with van der Waals surface area (Å²) in [6.07, 6.45) is 3.47. The number of hydrogen-bond acceptors (Lipinski definition) is 4. The van der Waals surface area contributed by atoms with Crippen LogP contribution in [0, 0.1) is 3.57 Å². The zero-order chi connectivity index (χ0) is 13.7. The number of benzene rings is 1. The topological polar surface area (TPSA) is 77.2 Å². The molecule has 1 heterocycles. The number of nitrogen functional groups attached to an aromatic ring is 1. The van der Waals surface area contributed by atoms with E-state index in [1.54, 1.807) is 30.6 Å². The van der Waals surface area contributed by atoms with Crippen LogP contribution in [0.3, 0.4) is 0 Å². The molecule has 1 aromatic carbocycles. The number of hydrazine groups is 1. The highest BCUT2D eigenvalue weighted by atomic mass is 127. The second-order valence-electron chi connectivity index (χ2n) is 3.77. The van der Waals surface area contributed by atoms with Gasteiger partial charge in [0.15, 0.2) is 0 Å². The second kappa shape index (κ2) is 6.48. The summed E-state index contributed by atoms with van der Waals surface area (Å²) in [4.78, 5) is 15.4. The first kappa shape index (κ1) is 13.8. The summed E-state index contributed by atoms with van der Waals surface area (Å²) in [5.74, 6) is 5.48. The van der Waals surface area contributed by atoms with E-state index in [0.717, 1.165) is 14.9 Å². The number of nitrogens with one attached hydrogen (secondary N) is 1. The molecule has 0 radical (unpaired) electrons. The van der Waals surface area contributed by atoms with Gasteiger partial charge in [0.1, 0.15) is 12.4 Å². The van der Waals surface area contributed by atoms with Crippen molar-refractivity contribution in [3.8, 4) is 5.75 Å². The van der Waals surface area contributed by atoms with Crippen molar-refractivity contribution in [2.75, 3.05) is 0 Å². The van der Waals surface area contributed by atoms with Gasteiger partial charge >= 0.3 is 0 Å². The molecule has 0 saturated carbocycles. The largest absolute Gasteiger partial charge is 0.488 e. The van der Waals surface area contributed by atoms with Crippen LogP contribution in [0.2, 0.25) is 0 Å². The lowest BCUT2D eigenvalue weighted by atomic mass is 10.2. The summed E-state index contributed by atoms with van der Waals surface area (Å²) in [5, 5.41) is 0. The summed E-state index contributed by atoms with van der Waals surface area (Å²) in [5.41, 5.74) is 3.58. The van der Waals surface area contributed by atoms with Gasteiger partial charge in [0.25, 0.3) is 5.91 Å². The average Bonchev–Trinajstić information content (AvgIpc) is 2.46. The molecule has 2 aromatic rings. The third kappa shape index (κ3) is 3.65. The van der Waals surface area contributed by atoms with Gasteiger partial charge in [-0.1, -0.05) is 6.07 Å². The SMILES string of the molecule is NNC(=O)c1ccc(OCc2cccnc2)c(I)c1. The summed E-state index contributed by atoms with van der Waals surface area (Å²) in [6.45, 7) is 0.437. The first-order valence-electron chi connectivity index (χ1n) is 5.53. The van der Waals surface area contributed by atoms with Crippen LogP contribution in [0.15, 0.2) is 42.7 Å². The summed E-state index contributed by atoms with van der Waals surface area (Å²) in [7, 11) is 0. The minimum absolute atomic E-state index is 0.322. The number of pyridine rings is 1. The van der Waals surface area contributed by atoms with Crippen LogP contribution in [0.1, 0.15) is 15.9 Å². The Balaban J connectivity index is 2.07. The molecule has 0 saturated heterocycles. The number of carbonyl (C=O) groups is 1. The van der Waals surface area contributed by atoms with Gasteiger partial charge in [0.05, 0.1) is 3.57 Å². The maximum absolute atomic E-state index is 11.4. The predicted octanol–water partition coefficient (Wildman–Crippen LogP) is 1.87. The molecule has 0 aliphatic rings. The normalized spacial score (nSPS) is 10.0. The Bertz CT molecular complexity index is 575. The van der Waals surface area contributed by atoms with Crippen molar-refractivity contribution in [2.45, 2.75) is 6.61 Å². The van der Waals surface area contributed by atoms with E-state index in [-0.39, 0.29) is 5.91 Å². The first-order chi connectivity index (χ1) is 9.20. The van der Waals surface area contributed by atoms with Gasteiger partial charge in [-0.2, -0.15) is 0 Å². The molecular formula is C13H12IN3O2. The number of carbonyl (C=O) groups excluding carboxylic acids is 1. The molecule has 0 unspecified atom stereocenters. The molecule has 0 atom stereocenters. The fourth-order valence-electron chi connectivity index (χ4n) is 1.49. The average molecular weight is 369 g/mol. The van der Waals surface area contributed by atoms with Crippen LogP contribution in [0.25, 0.3) is 0 Å². The molecular weight excluding hydrogens is 357 g/mol. The molecule has 0 aliphatic carbocycles. The highest BCUT2D eigenvalue weighted by Crippen LogP contribution is 2.23. The molecule has 2 rings (SSSR count). The molecule has 98 valence electrons. The summed E-state index contributed by atoms with van der Waals surface area (Å²) in [6, 6.07) is 8.95. The number of halogens is 1. The van der Waals surface area contributed by atoms with Crippen molar-refractivity contribution < 1.29 is 9.53 Å². The van der Waals surface area contributed by atoms with E-state index in [1.165, 1.54) is 0 Å². The number of nitrogens with zero attached hydrogens (tertiary/aromatic N) is 1. The Kier molecular flexibility index (Phi) is 4.69. The third-order valence-corrected chi connectivity index (χ3v) is 3.29.